The fourth-order valence-corrected chi connectivity index (χ4v) is 3.75. The monoisotopic (exact) mass is 326 g/mol. The van der Waals surface area contributed by atoms with Crippen molar-refractivity contribution in [1.82, 2.24) is 4.90 Å². The van der Waals surface area contributed by atoms with Crippen LogP contribution < -0.4 is 4.90 Å². The van der Waals surface area contributed by atoms with Gasteiger partial charge in [0.25, 0.3) is 5.91 Å². The first-order chi connectivity index (χ1) is 11.5. The Labute approximate surface area is 141 Å². The molecule has 0 saturated carbocycles. The minimum Gasteiger partial charge on any atom is -0.332 e. The second-order valence-electron chi connectivity index (χ2n) is 6.55. The summed E-state index contributed by atoms with van der Waals surface area (Å²) >= 11 is 0. The molecule has 2 aliphatic heterocycles. The number of likely N-dealkylation sites (N-methyl/N-ethyl adjacent to an activating group) is 1. The van der Waals surface area contributed by atoms with Gasteiger partial charge in [-0.2, -0.15) is 0 Å². The fraction of sp³-hybridized carbons (Fsp3) is 0.421. The van der Waals surface area contributed by atoms with Gasteiger partial charge in [-0.3, -0.25) is 14.4 Å². The van der Waals surface area contributed by atoms with Gasteiger partial charge in [-0.25, -0.2) is 0 Å². The zero-order valence-electron chi connectivity index (χ0n) is 13.9. The van der Waals surface area contributed by atoms with Gasteiger partial charge in [0.1, 0.15) is 5.78 Å². The van der Waals surface area contributed by atoms with Gasteiger partial charge in [0.05, 0.1) is 0 Å². The second-order valence-corrected chi connectivity index (χ2v) is 6.55. The molecule has 3 rings (SSSR count). The summed E-state index contributed by atoms with van der Waals surface area (Å²) in [4.78, 5) is 39.8. The number of Topliss-reactive ketones (excluding diaryl/α,β-unsaturated/α-hetero) is 1. The maximum Gasteiger partial charge on any atom is 0.254 e. The molecule has 24 heavy (non-hydrogen) atoms. The maximum atomic E-state index is 12.9. The number of fused-ring (bicyclic) bond motifs is 2. The Bertz CT molecular complexity index is 664. The Kier molecular flexibility index (Phi) is 4.51. The summed E-state index contributed by atoms with van der Waals surface area (Å²) in [6.07, 6.45) is 5.11. The standard InChI is InChI=1S/C19H22N2O3/c1-3-18(23)20(2)14-9-7-13(8-10-14)19(24)21-15-5-4-6-16(21)12-17(22)11-15/h3,7-10,15-16H,1,4-6,11-12H2,2H3. The lowest BCUT2D eigenvalue weighted by Crippen LogP contribution is -2.54. The zero-order valence-corrected chi connectivity index (χ0v) is 13.9. The smallest absolute Gasteiger partial charge is 0.254 e. The van der Waals surface area contributed by atoms with Crippen LogP contribution in [0.15, 0.2) is 36.9 Å². The second kappa shape index (κ2) is 6.59. The molecule has 2 saturated heterocycles. The molecule has 5 heteroatoms. The molecule has 0 radical (unpaired) electrons. The first kappa shape index (κ1) is 16.4. The third kappa shape index (κ3) is 2.98. The molecule has 0 spiro atoms. The Hall–Kier alpha value is -2.43. The number of benzene rings is 1. The molecule has 0 aromatic heterocycles. The lowest BCUT2D eigenvalue weighted by Gasteiger charge is -2.45. The number of hydrogen-bond acceptors (Lipinski definition) is 3. The minimum atomic E-state index is -0.196. The molecular formula is C19H22N2O3. The Morgan fingerprint density at radius 3 is 2.29 bits per heavy atom. The normalized spacial score (nSPS) is 22.9. The van der Waals surface area contributed by atoms with Crippen LogP contribution in [0.25, 0.3) is 0 Å². The van der Waals surface area contributed by atoms with Crippen LogP contribution in [-0.4, -0.2) is 41.6 Å². The molecule has 0 N–H and O–H groups in total. The molecule has 0 aliphatic carbocycles. The van der Waals surface area contributed by atoms with Crippen molar-refractivity contribution in [3.8, 4) is 0 Å². The highest BCUT2D eigenvalue weighted by atomic mass is 16.2. The van der Waals surface area contributed by atoms with Crippen LogP contribution in [0.3, 0.4) is 0 Å². The molecule has 5 nitrogen and oxygen atoms in total. The van der Waals surface area contributed by atoms with Crippen molar-refractivity contribution in [2.75, 3.05) is 11.9 Å². The van der Waals surface area contributed by atoms with Crippen molar-refractivity contribution >= 4 is 23.3 Å². The summed E-state index contributed by atoms with van der Waals surface area (Å²) in [6, 6.07) is 7.11. The van der Waals surface area contributed by atoms with Gasteiger partial charge in [-0.1, -0.05) is 6.58 Å². The minimum absolute atomic E-state index is 0.0125. The van der Waals surface area contributed by atoms with Crippen LogP contribution in [0.5, 0.6) is 0 Å². The van der Waals surface area contributed by atoms with Crippen LogP contribution in [0.1, 0.15) is 42.5 Å². The lowest BCUT2D eigenvalue weighted by atomic mass is 9.83. The van der Waals surface area contributed by atoms with Crippen LogP contribution in [0.2, 0.25) is 0 Å². The van der Waals surface area contributed by atoms with Crippen molar-refractivity contribution in [1.29, 1.82) is 0 Å². The topological polar surface area (TPSA) is 57.7 Å². The van der Waals surface area contributed by atoms with Gasteiger partial charge in [-0.05, 0) is 49.6 Å². The molecule has 2 heterocycles. The highest BCUT2D eigenvalue weighted by Crippen LogP contribution is 2.33. The molecule has 1 aromatic rings. The predicted octanol–water partition coefficient (Wildman–Crippen LogP) is 2.56. The molecule has 2 amide bonds. The SMILES string of the molecule is C=CC(=O)N(C)c1ccc(C(=O)N2C3CCCC2CC(=O)C3)cc1. The van der Waals surface area contributed by atoms with E-state index in [4.69, 9.17) is 0 Å². The Morgan fingerprint density at radius 1 is 1.17 bits per heavy atom. The zero-order chi connectivity index (χ0) is 17.3. The van der Waals surface area contributed by atoms with E-state index in [0.29, 0.717) is 24.1 Å². The lowest BCUT2D eigenvalue weighted by molar-refractivity contribution is -0.125. The largest absolute Gasteiger partial charge is 0.332 e. The third-order valence-electron chi connectivity index (χ3n) is 5.03. The van der Waals surface area contributed by atoms with Crippen LogP contribution >= 0.6 is 0 Å². The van der Waals surface area contributed by atoms with Crippen LogP contribution in [0, 0.1) is 0 Å². The predicted molar refractivity (Wildman–Crippen MR) is 91.9 cm³/mol. The van der Waals surface area contributed by atoms with E-state index in [1.54, 1.807) is 31.3 Å². The van der Waals surface area contributed by atoms with Gasteiger partial charge in [0.2, 0.25) is 5.91 Å². The van der Waals surface area contributed by atoms with Crippen molar-refractivity contribution in [2.24, 2.45) is 0 Å². The number of ketones is 1. The Balaban J connectivity index is 1.79. The molecule has 2 aliphatic rings. The first-order valence-corrected chi connectivity index (χ1v) is 8.36. The van der Waals surface area contributed by atoms with Gasteiger partial charge in [-0.15, -0.1) is 0 Å². The van der Waals surface area contributed by atoms with Crippen LogP contribution in [0.4, 0.5) is 5.69 Å². The molecular weight excluding hydrogens is 304 g/mol. The van der Waals surface area contributed by atoms with Crippen molar-refractivity contribution in [2.45, 2.75) is 44.2 Å². The number of anilines is 1. The van der Waals surface area contributed by atoms with E-state index in [1.807, 2.05) is 4.90 Å². The summed E-state index contributed by atoms with van der Waals surface area (Å²) in [5.41, 5.74) is 1.31. The molecule has 2 bridgehead atoms. The summed E-state index contributed by atoms with van der Waals surface area (Å²) in [5, 5.41) is 0. The Morgan fingerprint density at radius 2 is 1.75 bits per heavy atom. The summed E-state index contributed by atoms with van der Waals surface area (Å²) in [7, 11) is 1.67. The van der Waals surface area contributed by atoms with E-state index in [-0.39, 0.29) is 29.7 Å². The molecule has 2 fully saturated rings. The van der Waals surface area contributed by atoms with Crippen molar-refractivity contribution < 1.29 is 14.4 Å². The van der Waals surface area contributed by atoms with Crippen molar-refractivity contribution in [3.05, 3.63) is 42.5 Å². The summed E-state index contributed by atoms with van der Waals surface area (Å²) in [5.74, 6) is 0.0632. The average molecular weight is 326 g/mol. The number of rotatable bonds is 3. The van der Waals surface area contributed by atoms with Crippen molar-refractivity contribution in [3.63, 3.8) is 0 Å². The number of carbonyl (C=O) groups excluding carboxylic acids is 3. The van der Waals surface area contributed by atoms with E-state index >= 15 is 0 Å². The number of carbonyl (C=O) groups is 3. The van der Waals surface area contributed by atoms with Gasteiger partial charge < -0.3 is 9.80 Å². The van der Waals surface area contributed by atoms with Gasteiger partial charge in [0.15, 0.2) is 0 Å². The van der Waals surface area contributed by atoms with Gasteiger partial charge >= 0.3 is 0 Å². The third-order valence-corrected chi connectivity index (χ3v) is 5.03. The fourth-order valence-electron chi connectivity index (χ4n) is 3.75. The highest BCUT2D eigenvalue weighted by Gasteiger charge is 2.40. The molecule has 2 atom stereocenters. The molecule has 1 aromatic carbocycles. The number of nitrogens with zero attached hydrogens (tertiary/aromatic N) is 2. The van der Waals surface area contributed by atoms with E-state index in [9.17, 15) is 14.4 Å². The summed E-state index contributed by atoms with van der Waals surface area (Å²) < 4.78 is 0. The first-order valence-electron chi connectivity index (χ1n) is 8.36. The van der Waals surface area contributed by atoms with Gasteiger partial charge in [0, 0.05) is 43.2 Å². The number of amides is 2. The molecule has 126 valence electrons. The quantitative estimate of drug-likeness (QED) is 0.802. The highest BCUT2D eigenvalue weighted by molar-refractivity contribution is 6.01. The number of piperidine rings is 2. The average Bonchev–Trinajstić information content (AvgIpc) is 2.59. The van der Waals surface area contributed by atoms with E-state index in [2.05, 4.69) is 6.58 Å². The van der Waals surface area contributed by atoms with E-state index < -0.39 is 0 Å². The summed E-state index contributed by atoms with van der Waals surface area (Å²) in [6.45, 7) is 3.47. The van der Waals surface area contributed by atoms with E-state index in [1.165, 1.54) is 11.0 Å². The molecule has 2 unspecified atom stereocenters. The van der Waals surface area contributed by atoms with E-state index in [0.717, 1.165) is 19.3 Å². The van der Waals surface area contributed by atoms with Crippen LogP contribution in [-0.2, 0) is 9.59 Å². The number of hydrogen-bond donors (Lipinski definition) is 0. The maximum absolute atomic E-state index is 12.9.